The summed E-state index contributed by atoms with van der Waals surface area (Å²) in [6.45, 7) is 6.64. The van der Waals surface area contributed by atoms with E-state index in [2.05, 4.69) is 0 Å². The van der Waals surface area contributed by atoms with E-state index in [0.29, 0.717) is 22.8 Å². The minimum absolute atomic E-state index is 0.105. The molecule has 1 aromatic carbocycles. The molecule has 0 aliphatic heterocycles. The minimum atomic E-state index is -0.133. The summed E-state index contributed by atoms with van der Waals surface area (Å²) in [5.41, 5.74) is 6.51. The molecule has 0 saturated heterocycles. The maximum atomic E-state index is 12.4. The molecule has 0 spiro atoms. The lowest BCUT2D eigenvalue weighted by molar-refractivity contribution is 0.0706. The number of halogens is 2. The molecule has 0 aliphatic rings. The van der Waals surface area contributed by atoms with E-state index in [4.69, 9.17) is 28.9 Å². The first-order chi connectivity index (χ1) is 8.38. The quantitative estimate of drug-likeness (QED) is 0.856. The van der Waals surface area contributed by atoms with Crippen molar-refractivity contribution in [3.05, 3.63) is 27.7 Å². The predicted molar refractivity (Wildman–Crippen MR) is 77.3 cm³/mol. The SMILES string of the molecule is CCCN(C(=O)c1cc(N)cc(Cl)c1Cl)C(C)C. The fraction of sp³-hybridized carbons (Fsp3) is 0.462. The molecule has 1 amide bonds. The van der Waals surface area contributed by atoms with Gasteiger partial charge in [-0.2, -0.15) is 0 Å². The molecule has 0 atom stereocenters. The topological polar surface area (TPSA) is 46.3 Å². The van der Waals surface area contributed by atoms with Crippen molar-refractivity contribution < 1.29 is 4.79 Å². The van der Waals surface area contributed by atoms with Gasteiger partial charge in [-0.1, -0.05) is 30.1 Å². The van der Waals surface area contributed by atoms with Crippen molar-refractivity contribution in [3.8, 4) is 0 Å². The lowest BCUT2D eigenvalue weighted by Crippen LogP contribution is -2.37. The number of hydrogen-bond acceptors (Lipinski definition) is 2. The van der Waals surface area contributed by atoms with E-state index < -0.39 is 0 Å². The Morgan fingerprint density at radius 2 is 2.00 bits per heavy atom. The number of nitrogens with zero attached hydrogens (tertiary/aromatic N) is 1. The molecule has 0 saturated carbocycles. The fourth-order valence-corrected chi connectivity index (χ4v) is 2.17. The second-order valence-corrected chi connectivity index (χ2v) is 5.24. The molecule has 3 nitrogen and oxygen atoms in total. The molecular formula is C13H18Cl2N2O. The highest BCUT2D eigenvalue weighted by atomic mass is 35.5. The average Bonchev–Trinajstić information content (AvgIpc) is 2.29. The number of benzene rings is 1. The third kappa shape index (κ3) is 3.30. The zero-order valence-corrected chi connectivity index (χ0v) is 12.3. The van der Waals surface area contributed by atoms with E-state index in [-0.39, 0.29) is 17.0 Å². The summed E-state index contributed by atoms with van der Waals surface area (Å²) in [7, 11) is 0. The molecule has 0 aliphatic carbocycles. The Kier molecular flexibility index (Phi) is 5.29. The van der Waals surface area contributed by atoms with Crippen molar-refractivity contribution >= 4 is 34.8 Å². The number of anilines is 1. The van der Waals surface area contributed by atoms with Gasteiger partial charge in [0.2, 0.25) is 0 Å². The predicted octanol–water partition coefficient (Wildman–Crippen LogP) is 3.84. The number of rotatable bonds is 4. The molecule has 0 fully saturated rings. The van der Waals surface area contributed by atoms with Crippen molar-refractivity contribution in [2.75, 3.05) is 12.3 Å². The Balaban J connectivity index is 3.16. The Labute approximate surface area is 118 Å². The second kappa shape index (κ2) is 6.30. The minimum Gasteiger partial charge on any atom is -0.399 e. The molecule has 2 N–H and O–H groups in total. The molecule has 0 bridgehead atoms. The first-order valence-corrected chi connectivity index (χ1v) is 6.69. The highest BCUT2D eigenvalue weighted by Gasteiger charge is 2.21. The second-order valence-electron chi connectivity index (χ2n) is 4.46. The molecule has 0 heterocycles. The van der Waals surface area contributed by atoms with Gasteiger partial charge in [0.15, 0.2) is 0 Å². The van der Waals surface area contributed by atoms with Gasteiger partial charge in [0.1, 0.15) is 0 Å². The number of carbonyl (C=O) groups excluding carboxylic acids is 1. The van der Waals surface area contributed by atoms with E-state index in [1.54, 1.807) is 17.0 Å². The van der Waals surface area contributed by atoms with Crippen LogP contribution in [0.3, 0.4) is 0 Å². The van der Waals surface area contributed by atoms with Crippen molar-refractivity contribution in [2.45, 2.75) is 33.2 Å². The zero-order valence-electron chi connectivity index (χ0n) is 10.8. The van der Waals surface area contributed by atoms with Gasteiger partial charge >= 0.3 is 0 Å². The highest BCUT2D eigenvalue weighted by molar-refractivity contribution is 6.44. The van der Waals surface area contributed by atoms with E-state index in [9.17, 15) is 4.79 Å². The maximum absolute atomic E-state index is 12.4. The standard InChI is InChI=1S/C13H18Cl2N2O/c1-4-5-17(8(2)3)13(18)10-6-9(16)7-11(14)12(10)15/h6-8H,4-5,16H2,1-3H3. The molecule has 0 unspecified atom stereocenters. The lowest BCUT2D eigenvalue weighted by atomic mass is 10.1. The normalized spacial score (nSPS) is 10.8. The van der Waals surface area contributed by atoms with E-state index in [1.807, 2.05) is 20.8 Å². The summed E-state index contributed by atoms with van der Waals surface area (Å²) < 4.78 is 0. The summed E-state index contributed by atoms with van der Waals surface area (Å²) in [4.78, 5) is 14.2. The van der Waals surface area contributed by atoms with Crippen LogP contribution >= 0.6 is 23.2 Å². The van der Waals surface area contributed by atoms with Gasteiger partial charge in [0.25, 0.3) is 5.91 Å². The van der Waals surface area contributed by atoms with Gasteiger partial charge in [-0.05, 0) is 32.4 Å². The van der Waals surface area contributed by atoms with Crippen molar-refractivity contribution in [3.63, 3.8) is 0 Å². The van der Waals surface area contributed by atoms with Gasteiger partial charge < -0.3 is 10.6 Å². The van der Waals surface area contributed by atoms with E-state index in [1.165, 1.54) is 0 Å². The molecule has 0 radical (unpaired) electrons. The highest BCUT2D eigenvalue weighted by Crippen LogP contribution is 2.30. The largest absolute Gasteiger partial charge is 0.399 e. The van der Waals surface area contributed by atoms with Crippen molar-refractivity contribution in [2.24, 2.45) is 0 Å². The van der Waals surface area contributed by atoms with Crippen LogP contribution in [-0.2, 0) is 0 Å². The van der Waals surface area contributed by atoms with Crippen LogP contribution in [0.25, 0.3) is 0 Å². The third-order valence-corrected chi connectivity index (χ3v) is 3.43. The first kappa shape index (κ1) is 15.1. The summed E-state index contributed by atoms with van der Waals surface area (Å²) in [6.07, 6.45) is 0.886. The van der Waals surface area contributed by atoms with Crippen LogP contribution in [-0.4, -0.2) is 23.4 Å². The van der Waals surface area contributed by atoms with Crippen LogP contribution < -0.4 is 5.73 Å². The monoisotopic (exact) mass is 288 g/mol. The zero-order chi connectivity index (χ0) is 13.9. The molecule has 100 valence electrons. The molecule has 0 aromatic heterocycles. The van der Waals surface area contributed by atoms with Gasteiger partial charge in [-0.25, -0.2) is 0 Å². The van der Waals surface area contributed by atoms with Crippen LogP contribution in [0.4, 0.5) is 5.69 Å². The van der Waals surface area contributed by atoms with Crippen LogP contribution in [0.2, 0.25) is 10.0 Å². The fourth-order valence-electron chi connectivity index (χ4n) is 1.76. The molecular weight excluding hydrogens is 271 g/mol. The molecule has 1 aromatic rings. The van der Waals surface area contributed by atoms with Crippen molar-refractivity contribution in [1.29, 1.82) is 0 Å². The smallest absolute Gasteiger partial charge is 0.255 e. The van der Waals surface area contributed by atoms with Crippen LogP contribution in [0.15, 0.2) is 12.1 Å². The molecule has 1 rings (SSSR count). The molecule has 18 heavy (non-hydrogen) atoms. The van der Waals surface area contributed by atoms with Gasteiger partial charge in [0, 0.05) is 18.3 Å². The Hall–Kier alpha value is -0.930. The summed E-state index contributed by atoms with van der Waals surface area (Å²) in [5, 5.41) is 0.567. The van der Waals surface area contributed by atoms with E-state index >= 15 is 0 Å². The Morgan fingerprint density at radius 1 is 1.39 bits per heavy atom. The third-order valence-electron chi connectivity index (χ3n) is 2.63. The number of hydrogen-bond donors (Lipinski definition) is 1. The van der Waals surface area contributed by atoms with Gasteiger partial charge in [0.05, 0.1) is 15.6 Å². The first-order valence-electron chi connectivity index (χ1n) is 5.94. The Bertz CT molecular complexity index is 447. The van der Waals surface area contributed by atoms with Crippen molar-refractivity contribution in [1.82, 2.24) is 4.90 Å². The molecule has 5 heteroatoms. The van der Waals surface area contributed by atoms with Gasteiger partial charge in [-0.3, -0.25) is 4.79 Å². The van der Waals surface area contributed by atoms with E-state index in [0.717, 1.165) is 6.42 Å². The number of carbonyl (C=O) groups is 1. The number of nitrogen functional groups attached to an aromatic ring is 1. The van der Waals surface area contributed by atoms with Crippen LogP contribution in [0.5, 0.6) is 0 Å². The van der Waals surface area contributed by atoms with Gasteiger partial charge in [-0.15, -0.1) is 0 Å². The maximum Gasteiger partial charge on any atom is 0.255 e. The van der Waals surface area contributed by atoms with Crippen LogP contribution in [0.1, 0.15) is 37.6 Å². The summed E-state index contributed by atoms with van der Waals surface area (Å²) in [6, 6.07) is 3.22. The number of nitrogens with two attached hydrogens (primary N) is 1. The summed E-state index contributed by atoms with van der Waals surface area (Å²) in [5.74, 6) is -0.133. The lowest BCUT2D eigenvalue weighted by Gasteiger charge is -2.27. The summed E-state index contributed by atoms with van der Waals surface area (Å²) >= 11 is 12.0. The average molecular weight is 289 g/mol. The van der Waals surface area contributed by atoms with Crippen LogP contribution in [0, 0.1) is 0 Å². The Morgan fingerprint density at radius 3 is 2.50 bits per heavy atom. The number of amides is 1.